The second-order valence-corrected chi connectivity index (χ2v) is 6.46. The summed E-state index contributed by atoms with van der Waals surface area (Å²) in [4.78, 5) is 4.69. The first-order chi connectivity index (χ1) is 7.55. The fourth-order valence-corrected chi connectivity index (χ4v) is 3.21. The van der Waals surface area contributed by atoms with Gasteiger partial charge in [-0.2, -0.15) is 0 Å². The molecule has 1 aromatic carbocycles. The quantitative estimate of drug-likeness (QED) is 0.843. The van der Waals surface area contributed by atoms with E-state index in [-0.39, 0.29) is 5.54 Å². The van der Waals surface area contributed by atoms with Gasteiger partial charge >= 0.3 is 0 Å². The summed E-state index contributed by atoms with van der Waals surface area (Å²) >= 11 is 5.25. The molecule has 86 valence electrons. The van der Waals surface area contributed by atoms with Gasteiger partial charge in [-0.1, -0.05) is 33.8 Å². The zero-order valence-electron chi connectivity index (χ0n) is 9.46. The number of rotatable bonds is 1. The first-order valence-corrected chi connectivity index (χ1v) is 7.08. The predicted molar refractivity (Wildman–Crippen MR) is 76.4 cm³/mol. The molecule has 1 N–H and O–H groups in total. The highest BCUT2D eigenvalue weighted by molar-refractivity contribution is 9.10. The third-order valence-corrected chi connectivity index (χ3v) is 3.80. The topological polar surface area (TPSA) is 24.4 Å². The van der Waals surface area contributed by atoms with Crippen LogP contribution in [0, 0.1) is 0 Å². The number of hydrogen-bond donors (Lipinski definition) is 1. The van der Waals surface area contributed by atoms with Crippen LogP contribution in [0.5, 0.6) is 0 Å². The van der Waals surface area contributed by atoms with Gasteiger partial charge in [-0.3, -0.25) is 4.99 Å². The summed E-state index contributed by atoms with van der Waals surface area (Å²) in [5.41, 5.74) is 1.15. The number of benzene rings is 1. The maximum Gasteiger partial charge on any atom is 0.161 e. The van der Waals surface area contributed by atoms with E-state index >= 15 is 0 Å². The summed E-state index contributed by atoms with van der Waals surface area (Å²) in [5, 5.41) is 4.38. The number of nitrogens with zero attached hydrogens (tertiary/aromatic N) is 1. The first kappa shape index (κ1) is 12.0. The molecule has 0 spiro atoms. The molecule has 2 nitrogen and oxygen atoms in total. The second-order valence-electron chi connectivity index (χ2n) is 4.46. The highest BCUT2D eigenvalue weighted by Crippen LogP contribution is 2.27. The summed E-state index contributed by atoms with van der Waals surface area (Å²) < 4.78 is 1.08. The van der Waals surface area contributed by atoms with Gasteiger partial charge < -0.3 is 5.32 Å². The number of aliphatic imine (C=N–C) groups is 1. The largest absolute Gasteiger partial charge is 0.335 e. The Morgan fingerprint density at radius 1 is 1.44 bits per heavy atom. The van der Waals surface area contributed by atoms with Crippen LogP contribution in [-0.2, 0) is 0 Å². The van der Waals surface area contributed by atoms with Crippen LogP contribution < -0.4 is 5.32 Å². The van der Waals surface area contributed by atoms with E-state index < -0.39 is 0 Å². The standard InChI is InChI=1S/C12H15BrN2S/c1-12(2)6-7-16-11(15-12)14-10-5-3-4-9(13)8-10/h3-5,8H,6-7H2,1-2H3,(H,14,15). The molecule has 4 heteroatoms. The summed E-state index contributed by atoms with van der Waals surface area (Å²) in [6.07, 6.45) is 1.14. The van der Waals surface area contributed by atoms with Crippen molar-refractivity contribution < 1.29 is 0 Å². The Hall–Kier alpha value is -0.480. The highest BCUT2D eigenvalue weighted by atomic mass is 79.9. The summed E-state index contributed by atoms with van der Waals surface area (Å²) in [5.74, 6) is 1.13. The molecule has 16 heavy (non-hydrogen) atoms. The van der Waals surface area contributed by atoms with Gasteiger partial charge in [0.15, 0.2) is 5.17 Å². The lowest BCUT2D eigenvalue weighted by molar-refractivity contribution is 0.507. The van der Waals surface area contributed by atoms with E-state index in [2.05, 4.69) is 47.2 Å². The maximum absolute atomic E-state index is 4.69. The molecular weight excluding hydrogens is 284 g/mol. The van der Waals surface area contributed by atoms with Crippen molar-refractivity contribution in [3.63, 3.8) is 0 Å². The van der Waals surface area contributed by atoms with Crippen molar-refractivity contribution in [3.05, 3.63) is 28.7 Å². The molecule has 0 aromatic heterocycles. The minimum Gasteiger partial charge on any atom is -0.335 e. The van der Waals surface area contributed by atoms with Crippen LogP contribution in [0.3, 0.4) is 0 Å². The molecule has 2 rings (SSSR count). The minimum absolute atomic E-state index is 0.0690. The van der Waals surface area contributed by atoms with Gasteiger partial charge in [-0.25, -0.2) is 0 Å². The molecule has 1 aliphatic rings. The van der Waals surface area contributed by atoms with Gasteiger partial charge in [0.05, 0.1) is 5.54 Å². The lowest BCUT2D eigenvalue weighted by atomic mass is 10.0. The molecule has 0 saturated carbocycles. The molecule has 0 fully saturated rings. The van der Waals surface area contributed by atoms with E-state index in [1.54, 1.807) is 11.8 Å². The van der Waals surface area contributed by atoms with E-state index in [1.165, 1.54) is 0 Å². The van der Waals surface area contributed by atoms with Crippen molar-refractivity contribution in [1.29, 1.82) is 0 Å². The van der Waals surface area contributed by atoms with Crippen LogP contribution in [-0.4, -0.2) is 16.5 Å². The Labute approximate surface area is 109 Å². The summed E-state index contributed by atoms with van der Waals surface area (Å²) in [6, 6.07) is 8.15. The molecule has 0 unspecified atom stereocenters. The minimum atomic E-state index is 0.0690. The number of thioether (sulfide) groups is 1. The molecular formula is C12H15BrN2S. The van der Waals surface area contributed by atoms with E-state index in [0.717, 1.165) is 27.5 Å². The molecule has 0 bridgehead atoms. The smallest absolute Gasteiger partial charge is 0.161 e. The summed E-state index contributed by atoms with van der Waals surface area (Å²) in [7, 11) is 0. The Bertz CT molecular complexity index is 415. The zero-order valence-corrected chi connectivity index (χ0v) is 11.9. The monoisotopic (exact) mass is 298 g/mol. The van der Waals surface area contributed by atoms with Crippen LogP contribution in [0.25, 0.3) is 0 Å². The lowest BCUT2D eigenvalue weighted by Gasteiger charge is -2.26. The molecule has 0 radical (unpaired) electrons. The van der Waals surface area contributed by atoms with Gasteiger partial charge in [0.1, 0.15) is 0 Å². The molecule has 1 heterocycles. The van der Waals surface area contributed by atoms with E-state index in [0.29, 0.717) is 0 Å². The van der Waals surface area contributed by atoms with Crippen LogP contribution in [0.15, 0.2) is 33.7 Å². The number of nitrogens with one attached hydrogen (secondary N) is 1. The van der Waals surface area contributed by atoms with Gasteiger partial charge in [0.25, 0.3) is 0 Å². The van der Waals surface area contributed by atoms with Crippen molar-refractivity contribution >= 4 is 38.5 Å². The Balaban J connectivity index is 2.13. The van der Waals surface area contributed by atoms with E-state index in [9.17, 15) is 0 Å². The Kier molecular flexibility index (Phi) is 3.60. The Morgan fingerprint density at radius 2 is 2.25 bits per heavy atom. The van der Waals surface area contributed by atoms with Crippen LogP contribution in [0.4, 0.5) is 5.69 Å². The van der Waals surface area contributed by atoms with Crippen LogP contribution in [0.2, 0.25) is 0 Å². The van der Waals surface area contributed by atoms with Gasteiger partial charge in [0, 0.05) is 15.9 Å². The van der Waals surface area contributed by atoms with Crippen molar-refractivity contribution in [2.45, 2.75) is 25.8 Å². The average Bonchev–Trinajstić information content (AvgIpc) is 2.15. The SMILES string of the molecule is CC1(C)CCSC(Nc2cccc(Br)c2)=N1. The predicted octanol–water partition coefficient (Wildman–Crippen LogP) is 4.13. The third kappa shape index (κ3) is 3.25. The average molecular weight is 299 g/mol. The second kappa shape index (κ2) is 4.80. The molecule has 1 aromatic rings. The van der Waals surface area contributed by atoms with Gasteiger partial charge in [-0.05, 0) is 38.5 Å². The third-order valence-electron chi connectivity index (χ3n) is 2.43. The molecule has 0 aliphatic carbocycles. The Morgan fingerprint density at radius 3 is 2.94 bits per heavy atom. The fourth-order valence-electron chi connectivity index (χ4n) is 1.51. The van der Waals surface area contributed by atoms with E-state index in [4.69, 9.17) is 4.99 Å². The maximum atomic E-state index is 4.69. The number of anilines is 1. The van der Waals surface area contributed by atoms with E-state index in [1.807, 2.05) is 12.1 Å². The fraction of sp³-hybridized carbons (Fsp3) is 0.417. The van der Waals surface area contributed by atoms with Gasteiger partial charge in [0.2, 0.25) is 0 Å². The number of amidine groups is 1. The number of halogens is 1. The molecule has 0 atom stereocenters. The molecule has 0 saturated heterocycles. The lowest BCUT2D eigenvalue weighted by Crippen LogP contribution is -2.27. The summed E-state index contributed by atoms with van der Waals surface area (Å²) in [6.45, 7) is 4.35. The zero-order chi connectivity index (χ0) is 11.6. The van der Waals surface area contributed by atoms with Gasteiger partial charge in [-0.15, -0.1) is 0 Å². The molecule has 1 aliphatic heterocycles. The number of hydrogen-bond acceptors (Lipinski definition) is 3. The first-order valence-electron chi connectivity index (χ1n) is 5.30. The highest BCUT2D eigenvalue weighted by Gasteiger charge is 2.22. The molecule has 0 amide bonds. The van der Waals surface area contributed by atoms with Crippen LogP contribution in [0.1, 0.15) is 20.3 Å². The van der Waals surface area contributed by atoms with Crippen molar-refractivity contribution in [1.82, 2.24) is 0 Å². The van der Waals surface area contributed by atoms with Crippen molar-refractivity contribution in [2.24, 2.45) is 4.99 Å². The normalized spacial score (nSPS) is 19.1. The van der Waals surface area contributed by atoms with Crippen molar-refractivity contribution in [3.8, 4) is 0 Å². The van der Waals surface area contributed by atoms with Crippen molar-refractivity contribution in [2.75, 3.05) is 11.1 Å². The van der Waals surface area contributed by atoms with Crippen LogP contribution >= 0.6 is 27.7 Å².